The maximum Gasteiger partial charge on any atom is 0.119 e. The van der Waals surface area contributed by atoms with Crippen LogP contribution in [0.5, 0.6) is 5.75 Å². The molecule has 21 heavy (non-hydrogen) atoms. The Balaban J connectivity index is 1.75. The van der Waals surface area contributed by atoms with Crippen molar-refractivity contribution >= 4 is 16.5 Å². The number of nitrogens with one attached hydrogen (secondary N) is 1. The molecule has 1 aliphatic heterocycles. The Kier molecular flexibility index (Phi) is 2.81. The Labute approximate surface area is 124 Å². The highest BCUT2D eigenvalue weighted by atomic mass is 16.5. The molecule has 104 valence electrons. The van der Waals surface area contributed by atoms with Crippen LogP contribution < -0.4 is 10.1 Å². The number of benzene rings is 3. The zero-order valence-electron chi connectivity index (χ0n) is 12.0. The lowest BCUT2D eigenvalue weighted by atomic mass is 9.97. The molecule has 2 nitrogen and oxygen atoms in total. The fraction of sp³-hybridized carbons (Fsp3) is 0.158. The molecule has 0 saturated heterocycles. The molecule has 1 unspecified atom stereocenters. The van der Waals surface area contributed by atoms with Crippen molar-refractivity contribution in [3.05, 3.63) is 71.8 Å². The molecule has 1 atom stereocenters. The van der Waals surface area contributed by atoms with Gasteiger partial charge in [-0.15, -0.1) is 0 Å². The van der Waals surface area contributed by atoms with Gasteiger partial charge in [0.1, 0.15) is 5.75 Å². The highest BCUT2D eigenvalue weighted by molar-refractivity contribution is 5.86. The summed E-state index contributed by atoms with van der Waals surface area (Å²) in [6.07, 6.45) is 1.00. The lowest BCUT2D eigenvalue weighted by Gasteiger charge is -2.14. The molecule has 3 aromatic carbocycles. The van der Waals surface area contributed by atoms with Crippen molar-refractivity contribution in [3.63, 3.8) is 0 Å². The molecule has 0 radical (unpaired) electrons. The smallest absolute Gasteiger partial charge is 0.119 e. The second-order valence-corrected chi connectivity index (χ2v) is 5.49. The molecule has 2 heteroatoms. The van der Waals surface area contributed by atoms with E-state index in [2.05, 4.69) is 59.9 Å². The lowest BCUT2D eigenvalue weighted by Crippen LogP contribution is -2.06. The number of anilines is 1. The van der Waals surface area contributed by atoms with Crippen LogP contribution in [-0.4, -0.2) is 7.11 Å². The predicted octanol–water partition coefficient (Wildman–Crippen LogP) is 4.56. The zero-order chi connectivity index (χ0) is 14.2. The Morgan fingerprint density at radius 2 is 1.86 bits per heavy atom. The van der Waals surface area contributed by atoms with E-state index in [1.165, 1.54) is 27.6 Å². The van der Waals surface area contributed by atoms with Crippen LogP contribution in [0, 0.1) is 0 Å². The molecular formula is C19H17NO. The van der Waals surface area contributed by atoms with Gasteiger partial charge in [0.05, 0.1) is 13.2 Å². The van der Waals surface area contributed by atoms with E-state index in [1.807, 2.05) is 6.07 Å². The van der Waals surface area contributed by atoms with Crippen molar-refractivity contribution in [2.24, 2.45) is 0 Å². The summed E-state index contributed by atoms with van der Waals surface area (Å²) in [6.45, 7) is 0. The van der Waals surface area contributed by atoms with E-state index < -0.39 is 0 Å². The monoisotopic (exact) mass is 275 g/mol. The van der Waals surface area contributed by atoms with Crippen molar-refractivity contribution in [2.45, 2.75) is 12.5 Å². The van der Waals surface area contributed by atoms with Gasteiger partial charge in [-0.25, -0.2) is 0 Å². The van der Waals surface area contributed by atoms with E-state index in [0.29, 0.717) is 6.04 Å². The molecule has 0 spiro atoms. The van der Waals surface area contributed by atoms with Crippen LogP contribution in [0.1, 0.15) is 17.2 Å². The van der Waals surface area contributed by atoms with Gasteiger partial charge in [-0.3, -0.25) is 0 Å². The lowest BCUT2D eigenvalue weighted by molar-refractivity contribution is 0.414. The van der Waals surface area contributed by atoms with Gasteiger partial charge in [-0.1, -0.05) is 42.5 Å². The third-order valence-electron chi connectivity index (χ3n) is 4.26. The van der Waals surface area contributed by atoms with Crippen molar-refractivity contribution in [2.75, 3.05) is 12.4 Å². The number of hydrogen-bond acceptors (Lipinski definition) is 2. The fourth-order valence-corrected chi connectivity index (χ4v) is 3.21. The number of ether oxygens (including phenoxy) is 1. The molecule has 4 rings (SSSR count). The number of hydrogen-bond donors (Lipinski definition) is 1. The van der Waals surface area contributed by atoms with Gasteiger partial charge in [0.2, 0.25) is 0 Å². The van der Waals surface area contributed by atoms with Crippen molar-refractivity contribution in [1.29, 1.82) is 0 Å². The molecule has 1 heterocycles. The zero-order valence-corrected chi connectivity index (χ0v) is 12.0. The minimum atomic E-state index is 0.332. The van der Waals surface area contributed by atoms with Crippen LogP contribution in [-0.2, 0) is 6.42 Å². The van der Waals surface area contributed by atoms with Crippen molar-refractivity contribution < 1.29 is 4.74 Å². The second kappa shape index (κ2) is 4.81. The summed E-state index contributed by atoms with van der Waals surface area (Å²) >= 11 is 0. The van der Waals surface area contributed by atoms with Gasteiger partial charge in [0, 0.05) is 5.69 Å². The molecule has 3 aromatic rings. The summed E-state index contributed by atoms with van der Waals surface area (Å²) in [7, 11) is 1.71. The summed E-state index contributed by atoms with van der Waals surface area (Å²) in [6, 6.07) is 21.7. The van der Waals surface area contributed by atoms with Gasteiger partial charge < -0.3 is 10.1 Å². The molecule has 0 fully saturated rings. The molecule has 1 N–H and O–H groups in total. The third-order valence-corrected chi connectivity index (χ3v) is 4.26. The van der Waals surface area contributed by atoms with E-state index >= 15 is 0 Å². The SMILES string of the molecule is COc1ccc2c(c1)CC(c1cccc3ccccc13)N2. The number of rotatable bonds is 2. The maximum atomic E-state index is 5.32. The summed E-state index contributed by atoms with van der Waals surface area (Å²) < 4.78 is 5.32. The number of methoxy groups -OCH3 is 1. The van der Waals surface area contributed by atoms with Gasteiger partial charge >= 0.3 is 0 Å². The molecule has 1 aliphatic rings. The Hall–Kier alpha value is -2.48. The fourth-order valence-electron chi connectivity index (χ4n) is 3.21. The topological polar surface area (TPSA) is 21.3 Å². The van der Waals surface area contributed by atoms with E-state index in [-0.39, 0.29) is 0 Å². The van der Waals surface area contributed by atoms with Crippen molar-refractivity contribution in [1.82, 2.24) is 0 Å². The Morgan fingerprint density at radius 1 is 1.00 bits per heavy atom. The second-order valence-electron chi connectivity index (χ2n) is 5.49. The first kappa shape index (κ1) is 12.3. The van der Waals surface area contributed by atoms with E-state index in [4.69, 9.17) is 4.74 Å². The van der Waals surface area contributed by atoms with Crippen LogP contribution in [0.4, 0.5) is 5.69 Å². The van der Waals surface area contributed by atoms with Crippen LogP contribution in [0.15, 0.2) is 60.7 Å². The van der Waals surface area contributed by atoms with Gasteiger partial charge in [-0.05, 0) is 46.5 Å². The molecule has 0 amide bonds. The average molecular weight is 275 g/mol. The Bertz CT molecular complexity index is 804. The quantitative estimate of drug-likeness (QED) is 0.740. The Morgan fingerprint density at radius 3 is 2.76 bits per heavy atom. The van der Waals surface area contributed by atoms with Crippen LogP contribution in [0.2, 0.25) is 0 Å². The molecular weight excluding hydrogens is 258 g/mol. The molecule has 0 bridgehead atoms. The molecule has 0 saturated carbocycles. The third kappa shape index (κ3) is 2.04. The van der Waals surface area contributed by atoms with Crippen molar-refractivity contribution in [3.8, 4) is 5.75 Å². The highest BCUT2D eigenvalue weighted by Crippen LogP contribution is 2.38. The minimum absolute atomic E-state index is 0.332. The first-order valence-electron chi connectivity index (χ1n) is 7.26. The molecule has 0 aromatic heterocycles. The summed E-state index contributed by atoms with van der Waals surface area (Å²) in [4.78, 5) is 0. The minimum Gasteiger partial charge on any atom is -0.497 e. The van der Waals surface area contributed by atoms with Crippen LogP contribution >= 0.6 is 0 Å². The van der Waals surface area contributed by atoms with Gasteiger partial charge in [0.25, 0.3) is 0 Å². The van der Waals surface area contributed by atoms with Gasteiger partial charge in [-0.2, -0.15) is 0 Å². The van der Waals surface area contributed by atoms with E-state index in [1.54, 1.807) is 7.11 Å². The maximum absolute atomic E-state index is 5.32. The standard InChI is InChI=1S/C19H17NO/c1-21-15-9-10-18-14(11-15)12-19(20-18)17-8-4-6-13-5-2-3-7-16(13)17/h2-11,19-20H,12H2,1H3. The van der Waals surface area contributed by atoms with Crippen LogP contribution in [0.25, 0.3) is 10.8 Å². The largest absolute Gasteiger partial charge is 0.497 e. The van der Waals surface area contributed by atoms with E-state index in [0.717, 1.165) is 12.2 Å². The average Bonchev–Trinajstić information content (AvgIpc) is 2.97. The summed E-state index contributed by atoms with van der Waals surface area (Å²) in [5.74, 6) is 0.925. The first-order valence-corrected chi connectivity index (χ1v) is 7.26. The predicted molar refractivity (Wildman–Crippen MR) is 87.0 cm³/mol. The number of fused-ring (bicyclic) bond motifs is 2. The molecule has 0 aliphatic carbocycles. The summed E-state index contributed by atoms with van der Waals surface area (Å²) in [5.41, 5.74) is 3.91. The van der Waals surface area contributed by atoms with Crippen LogP contribution in [0.3, 0.4) is 0 Å². The van der Waals surface area contributed by atoms with E-state index in [9.17, 15) is 0 Å². The highest BCUT2D eigenvalue weighted by Gasteiger charge is 2.23. The first-order chi connectivity index (χ1) is 10.3. The van der Waals surface area contributed by atoms with Gasteiger partial charge in [0.15, 0.2) is 0 Å². The normalized spacial score (nSPS) is 16.5. The summed E-state index contributed by atoms with van der Waals surface area (Å²) in [5, 5.41) is 6.27.